The summed E-state index contributed by atoms with van der Waals surface area (Å²) in [5.74, 6) is -0.485. The Morgan fingerprint density at radius 1 is 1.50 bits per heavy atom. The van der Waals surface area contributed by atoms with Crippen LogP contribution >= 0.6 is 0 Å². The Hall–Kier alpha value is -0.450. The van der Waals surface area contributed by atoms with Crippen molar-refractivity contribution in [1.82, 2.24) is 0 Å². The van der Waals surface area contributed by atoms with E-state index < -0.39 is 18.0 Å². The zero-order valence-electron chi connectivity index (χ0n) is 5.82. The van der Waals surface area contributed by atoms with Gasteiger partial charge < -0.3 is 15.3 Å². The Kier molecular flexibility index (Phi) is 4.18. The lowest BCUT2D eigenvalue weighted by molar-refractivity contribution is -0.131. The molecule has 0 saturated heterocycles. The van der Waals surface area contributed by atoms with Crippen molar-refractivity contribution in [2.24, 2.45) is 0 Å². The van der Waals surface area contributed by atoms with E-state index in [1.807, 2.05) is 0 Å². The summed E-state index contributed by atoms with van der Waals surface area (Å²) in [6, 6.07) is 0. The van der Waals surface area contributed by atoms with E-state index in [1.165, 1.54) is 6.92 Å². The maximum absolute atomic E-state index is 10.4. The van der Waals surface area contributed by atoms with E-state index in [0.29, 0.717) is 0 Å². The first-order valence-corrected chi connectivity index (χ1v) is 3.07. The fourth-order valence-corrected chi connectivity index (χ4v) is 0.561. The molecule has 0 aliphatic rings. The highest BCUT2D eigenvalue weighted by Gasteiger charge is 2.19. The minimum Gasteiger partial charge on any atom is -0.396 e. The van der Waals surface area contributed by atoms with Crippen molar-refractivity contribution < 1.29 is 20.1 Å². The lowest BCUT2D eigenvalue weighted by Gasteiger charge is -2.12. The molecule has 0 aliphatic heterocycles. The summed E-state index contributed by atoms with van der Waals surface area (Å²) in [6.45, 7) is 0.955. The van der Waals surface area contributed by atoms with E-state index in [0.717, 1.165) is 0 Å². The monoisotopic (exact) mass is 148 g/mol. The maximum Gasteiger partial charge on any atom is 0.160 e. The number of hydrogen-bond acceptors (Lipinski definition) is 4. The summed E-state index contributed by atoms with van der Waals surface area (Å²) in [7, 11) is 0. The standard InChI is InChI=1S/C6H12O4/c1-4(8)6(10)5(9)2-3-7/h5-7,9-10H,2-3H2,1H3. The number of aliphatic hydroxyl groups is 3. The van der Waals surface area contributed by atoms with Crippen molar-refractivity contribution in [1.29, 1.82) is 0 Å². The third kappa shape index (κ3) is 2.91. The summed E-state index contributed by atoms with van der Waals surface area (Å²) in [6.07, 6.45) is -2.46. The Labute approximate surface area is 59.1 Å². The van der Waals surface area contributed by atoms with Gasteiger partial charge in [0, 0.05) is 6.61 Å². The molecule has 3 N–H and O–H groups in total. The molecular weight excluding hydrogens is 136 g/mol. The normalized spacial score (nSPS) is 16.4. The van der Waals surface area contributed by atoms with Crippen molar-refractivity contribution >= 4 is 5.78 Å². The van der Waals surface area contributed by atoms with E-state index in [9.17, 15) is 4.79 Å². The molecule has 0 aromatic rings. The third-order valence-electron chi connectivity index (χ3n) is 1.21. The van der Waals surface area contributed by atoms with Crippen LogP contribution in [0.5, 0.6) is 0 Å². The van der Waals surface area contributed by atoms with Crippen LogP contribution in [0.1, 0.15) is 13.3 Å². The van der Waals surface area contributed by atoms with Crippen LogP contribution in [0.2, 0.25) is 0 Å². The van der Waals surface area contributed by atoms with Crippen LogP contribution in [-0.2, 0) is 4.79 Å². The van der Waals surface area contributed by atoms with Crippen molar-refractivity contribution in [2.75, 3.05) is 6.61 Å². The zero-order valence-corrected chi connectivity index (χ0v) is 5.82. The van der Waals surface area contributed by atoms with Gasteiger partial charge in [-0.3, -0.25) is 4.79 Å². The van der Waals surface area contributed by atoms with Gasteiger partial charge in [0.1, 0.15) is 6.10 Å². The molecule has 0 saturated carbocycles. The van der Waals surface area contributed by atoms with Gasteiger partial charge in [-0.1, -0.05) is 0 Å². The molecule has 0 aromatic heterocycles. The van der Waals surface area contributed by atoms with Crippen LogP contribution in [0.3, 0.4) is 0 Å². The topological polar surface area (TPSA) is 77.8 Å². The van der Waals surface area contributed by atoms with Crippen LogP contribution in [0.25, 0.3) is 0 Å². The number of Topliss-reactive ketones (excluding diaryl/α,β-unsaturated/α-hetero) is 1. The molecule has 2 unspecified atom stereocenters. The molecule has 2 atom stereocenters. The average molecular weight is 148 g/mol. The SMILES string of the molecule is CC(=O)C(O)C(O)CCO. The van der Waals surface area contributed by atoms with Gasteiger partial charge in [0.25, 0.3) is 0 Å². The second kappa shape index (κ2) is 4.38. The largest absolute Gasteiger partial charge is 0.396 e. The molecule has 0 aromatic carbocycles. The van der Waals surface area contributed by atoms with Crippen LogP contribution < -0.4 is 0 Å². The molecule has 0 heterocycles. The quantitative estimate of drug-likeness (QED) is 0.462. The number of aliphatic hydroxyl groups excluding tert-OH is 3. The molecule has 4 nitrogen and oxygen atoms in total. The summed E-state index contributed by atoms with van der Waals surface area (Å²) in [5.41, 5.74) is 0. The molecular formula is C6H12O4. The van der Waals surface area contributed by atoms with Crippen LogP contribution in [0.15, 0.2) is 0 Å². The summed E-state index contributed by atoms with van der Waals surface area (Å²) in [4.78, 5) is 10.4. The summed E-state index contributed by atoms with van der Waals surface area (Å²) >= 11 is 0. The van der Waals surface area contributed by atoms with Crippen molar-refractivity contribution in [3.8, 4) is 0 Å². The molecule has 10 heavy (non-hydrogen) atoms. The smallest absolute Gasteiger partial charge is 0.160 e. The lowest BCUT2D eigenvalue weighted by atomic mass is 10.1. The predicted octanol–water partition coefficient (Wildman–Crippen LogP) is -1.32. The second-order valence-corrected chi connectivity index (χ2v) is 2.14. The number of ketones is 1. The predicted molar refractivity (Wildman–Crippen MR) is 34.4 cm³/mol. The number of carbonyl (C=O) groups excluding carboxylic acids is 1. The van der Waals surface area contributed by atoms with E-state index in [1.54, 1.807) is 0 Å². The van der Waals surface area contributed by atoms with Gasteiger partial charge in [-0.25, -0.2) is 0 Å². The molecule has 0 rings (SSSR count). The lowest BCUT2D eigenvalue weighted by Crippen LogP contribution is -2.32. The first-order chi connectivity index (χ1) is 4.59. The fourth-order valence-electron chi connectivity index (χ4n) is 0.561. The van der Waals surface area contributed by atoms with Crippen LogP contribution in [-0.4, -0.2) is 39.9 Å². The zero-order chi connectivity index (χ0) is 8.15. The minimum atomic E-state index is -1.35. The van der Waals surface area contributed by atoms with Gasteiger partial charge in [-0.15, -0.1) is 0 Å². The molecule has 0 spiro atoms. The van der Waals surface area contributed by atoms with Crippen molar-refractivity contribution in [3.63, 3.8) is 0 Å². The van der Waals surface area contributed by atoms with Gasteiger partial charge in [-0.2, -0.15) is 0 Å². The molecule has 0 fully saturated rings. The van der Waals surface area contributed by atoms with Gasteiger partial charge in [0.2, 0.25) is 0 Å². The van der Waals surface area contributed by atoms with E-state index >= 15 is 0 Å². The molecule has 0 amide bonds. The summed E-state index contributed by atoms with van der Waals surface area (Å²) in [5, 5.41) is 26.0. The average Bonchev–Trinajstić information content (AvgIpc) is 1.87. The number of hydrogen-bond donors (Lipinski definition) is 3. The Morgan fingerprint density at radius 3 is 2.30 bits per heavy atom. The van der Waals surface area contributed by atoms with Gasteiger partial charge in [-0.05, 0) is 13.3 Å². The highest BCUT2D eigenvalue weighted by Crippen LogP contribution is 1.98. The van der Waals surface area contributed by atoms with Gasteiger partial charge >= 0.3 is 0 Å². The van der Waals surface area contributed by atoms with Crippen LogP contribution in [0, 0.1) is 0 Å². The highest BCUT2D eigenvalue weighted by atomic mass is 16.3. The van der Waals surface area contributed by atoms with Gasteiger partial charge in [0.05, 0.1) is 6.10 Å². The van der Waals surface area contributed by atoms with Gasteiger partial charge in [0.15, 0.2) is 5.78 Å². The first-order valence-electron chi connectivity index (χ1n) is 3.07. The third-order valence-corrected chi connectivity index (χ3v) is 1.21. The first kappa shape index (κ1) is 9.55. The van der Waals surface area contributed by atoms with E-state index in [4.69, 9.17) is 15.3 Å². The summed E-state index contributed by atoms with van der Waals surface area (Å²) < 4.78 is 0. The highest BCUT2D eigenvalue weighted by molar-refractivity contribution is 5.80. The number of rotatable bonds is 4. The van der Waals surface area contributed by atoms with E-state index in [2.05, 4.69) is 0 Å². The molecule has 60 valence electrons. The molecule has 0 radical (unpaired) electrons. The minimum absolute atomic E-state index is 0.0285. The van der Waals surface area contributed by atoms with Crippen LogP contribution in [0.4, 0.5) is 0 Å². The molecule has 4 heteroatoms. The Balaban J connectivity index is 3.69. The van der Waals surface area contributed by atoms with Crippen molar-refractivity contribution in [2.45, 2.75) is 25.6 Å². The Morgan fingerprint density at radius 2 is 2.00 bits per heavy atom. The Bertz CT molecular complexity index is 112. The molecule has 0 aliphatic carbocycles. The van der Waals surface area contributed by atoms with E-state index in [-0.39, 0.29) is 13.0 Å². The number of carbonyl (C=O) groups is 1. The van der Waals surface area contributed by atoms with Crippen molar-refractivity contribution in [3.05, 3.63) is 0 Å². The maximum atomic E-state index is 10.4. The molecule has 0 bridgehead atoms. The second-order valence-electron chi connectivity index (χ2n) is 2.14. The fraction of sp³-hybridized carbons (Fsp3) is 0.833.